The molecule has 0 saturated heterocycles. The van der Waals surface area contributed by atoms with Gasteiger partial charge in [0.1, 0.15) is 5.01 Å². The van der Waals surface area contributed by atoms with Crippen molar-refractivity contribution in [3.8, 4) is 10.6 Å². The zero-order chi connectivity index (χ0) is 19.6. The van der Waals surface area contributed by atoms with Crippen LogP contribution in [0.15, 0.2) is 41.8 Å². The maximum atomic E-state index is 12.6. The minimum atomic E-state index is -4.36. The third-order valence-corrected chi connectivity index (χ3v) is 5.95. The van der Waals surface area contributed by atoms with Crippen LogP contribution < -0.4 is 0 Å². The van der Waals surface area contributed by atoms with Crippen LogP contribution in [-0.4, -0.2) is 22.8 Å². The Balaban J connectivity index is 1.64. The van der Waals surface area contributed by atoms with E-state index in [0.29, 0.717) is 27.1 Å². The highest BCUT2D eigenvalue weighted by atomic mass is 35.5. The summed E-state index contributed by atoms with van der Waals surface area (Å²) in [7, 11) is 1.71. The third-order valence-electron chi connectivity index (χ3n) is 3.79. The molecule has 1 aromatic carbocycles. The fraction of sp³-hybridized carbons (Fsp3) is 0.222. The molecule has 0 N–H and O–H groups in total. The fourth-order valence-electron chi connectivity index (χ4n) is 2.37. The van der Waals surface area contributed by atoms with E-state index in [4.69, 9.17) is 11.6 Å². The minimum Gasteiger partial charge on any atom is -0.340 e. The summed E-state index contributed by atoms with van der Waals surface area (Å²) in [6.07, 6.45) is -4.23. The Morgan fingerprint density at radius 1 is 1.19 bits per heavy atom. The number of thiophene rings is 1. The molecule has 3 aromatic rings. The van der Waals surface area contributed by atoms with Crippen LogP contribution >= 0.6 is 34.3 Å². The van der Waals surface area contributed by atoms with E-state index in [1.165, 1.54) is 34.8 Å². The molecular formula is C18H14ClF3N2OS2. The van der Waals surface area contributed by atoms with E-state index in [1.54, 1.807) is 23.4 Å². The minimum absolute atomic E-state index is 0.0937. The highest BCUT2D eigenvalue weighted by Crippen LogP contribution is 2.32. The van der Waals surface area contributed by atoms with Gasteiger partial charge in [-0.25, -0.2) is 4.98 Å². The standard InChI is InChI=1S/C18H14ClF3N2OS2/c1-24(9-14-6-7-15(19)27-14)16(25)8-13-10-26-17(23-13)11-2-4-12(5-3-11)18(20,21)22/h2-7,10H,8-9H2,1H3. The molecule has 0 bridgehead atoms. The van der Waals surface area contributed by atoms with Gasteiger partial charge in [0.05, 0.1) is 28.6 Å². The lowest BCUT2D eigenvalue weighted by atomic mass is 10.1. The van der Waals surface area contributed by atoms with Crippen molar-refractivity contribution in [3.05, 3.63) is 62.2 Å². The zero-order valence-corrected chi connectivity index (χ0v) is 16.5. The van der Waals surface area contributed by atoms with E-state index in [2.05, 4.69) is 4.98 Å². The van der Waals surface area contributed by atoms with Gasteiger partial charge in [-0.2, -0.15) is 13.2 Å². The Bertz CT molecular complexity index is 935. The summed E-state index contributed by atoms with van der Waals surface area (Å²) in [6, 6.07) is 8.50. The van der Waals surface area contributed by atoms with Crippen molar-refractivity contribution in [2.45, 2.75) is 19.1 Å². The number of benzene rings is 1. The number of carbonyl (C=O) groups excluding carboxylic acids is 1. The van der Waals surface area contributed by atoms with Crippen LogP contribution in [-0.2, 0) is 23.9 Å². The van der Waals surface area contributed by atoms with Gasteiger partial charge < -0.3 is 4.90 Å². The number of carbonyl (C=O) groups is 1. The lowest BCUT2D eigenvalue weighted by molar-refractivity contribution is -0.137. The van der Waals surface area contributed by atoms with Crippen molar-refractivity contribution in [1.82, 2.24) is 9.88 Å². The number of thiazole rings is 1. The molecule has 0 saturated carbocycles. The Hall–Kier alpha value is -1.90. The number of nitrogens with zero attached hydrogens (tertiary/aromatic N) is 2. The Morgan fingerprint density at radius 3 is 2.48 bits per heavy atom. The largest absolute Gasteiger partial charge is 0.416 e. The molecule has 2 aromatic heterocycles. The van der Waals surface area contributed by atoms with Gasteiger partial charge in [0.25, 0.3) is 0 Å². The Kier molecular flexibility index (Phi) is 5.88. The first-order valence-electron chi connectivity index (χ1n) is 7.82. The zero-order valence-electron chi connectivity index (χ0n) is 14.1. The predicted octanol–water partition coefficient (Wildman–Crippen LogP) is 5.74. The second kappa shape index (κ2) is 8.00. The third kappa shape index (κ3) is 5.09. The van der Waals surface area contributed by atoms with Gasteiger partial charge in [-0.1, -0.05) is 23.7 Å². The van der Waals surface area contributed by atoms with Crippen LogP contribution in [0.2, 0.25) is 4.34 Å². The number of aromatic nitrogens is 1. The molecule has 2 heterocycles. The van der Waals surface area contributed by atoms with E-state index in [-0.39, 0.29) is 12.3 Å². The lowest BCUT2D eigenvalue weighted by Crippen LogP contribution is -2.27. The maximum absolute atomic E-state index is 12.6. The fourth-order valence-corrected chi connectivity index (χ4v) is 4.34. The Morgan fingerprint density at radius 2 is 1.89 bits per heavy atom. The maximum Gasteiger partial charge on any atom is 0.416 e. The van der Waals surface area contributed by atoms with E-state index < -0.39 is 11.7 Å². The smallest absolute Gasteiger partial charge is 0.340 e. The first-order chi connectivity index (χ1) is 12.7. The molecule has 0 aliphatic rings. The van der Waals surface area contributed by atoms with Gasteiger partial charge in [0.2, 0.25) is 5.91 Å². The average Bonchev–Trinajstić information content (AvgIpc) is 3.23. The molecule has 9 heteroatoms. The summed E-state index contributed by atoms with van der Waals surface area (Å²) in [6.45, 7) is 0.464. The first kappa shape index (κ1) is 19.9. The second-order valence-corrected chi connectivity index (χ2v) is 8.51. The van der Waals surface area contributed by atoms with Crippen molar-refractivity contribution in [1.29, 1.82) is 0 Å². The van der Waals surface area contributed by atoms with Gasteiger partial charge in [0, 0.05) is 22.9 Å². The quantitative estimate of drug-likeness (QED) is 0.516. The number of halogens is 4. The highest BCUT2D eigenvalue weighted by molar-refractivity contribution is 7.16. The van der Waals surface area contributed by atoms with E-state index in [0.717, 1.165) is 17.0 Å². The molecule has 0 atom stereocenters. The van der Waals surface area contributed by atoms with Crippen LogP contribution in [0.3, 0.4) is 0 Å². The highest BCUT2D eigenvalue weighted by Gasteiger charge is 2.30. The van der Waals surface area contributed by atoms with Gasteiger partial charge >= 0.3 is 6.18 Å². The van der Waals surface area contributed by atoms with Crippen LogP contribution in [0.5, 0.6) is 0 Å². The molecule has 0 spiro atoms. The van der Waals surface area contributed by atoms with Gasteiger partial charge in [-0.05, 0) is 24.3 Å². The van der Waals surface area contributed by atoms with Crippen LogP contribution in [0, 0.1) is 0 Å². The van der Waals surface area contributed by atoms with E-state index >= 15 is 0 Å². The van der Waals surface area contributed by atoms with Crippen molar-refractivity contribution in [2.24, 2.45) is 0 Å². The second-order valence-electron chi connectivity index (χ2n) is 5.85. The number of hydrogen-bond acceptors (Lipinski definition) is 4. The SMILES string of the molecule is CN(Cc1ccc(Cl)s1)C(=O)Cc1csc(-c2ccc(C(F)(F)F)cc2)n1. The van der Waals surface area contributed by atoms with Gasteiger partial charge in [-0.15, -0.1) is 22.7 Å². The summed E-state index contributed by atoms with van der Waals surface area (Å²) in [5.41, 5.74) is 0.484. The number of rotatable bonds is 5. The number of alkyl halides is 3. The molecule has 3 rings (SSSR count). The summed E-state index contributed by atoms with van der Waals surface area (Å²) in [4.78, 5) is 19.3. The van der Waals surface area contributed by atoms with Crippen LogP contribution in [0.4, 0.5) is 13.2 Å². The predicted molar refractivity (Wildman–Crippen MR) is 102 cm³/mol. The van der Waals surface area contributed by atoms with Crippen molar-refractivity contribution in [2.75, 3.05) is 7.05 Å². The molecular weight excluding hydrogens is 417 g/mol. The molecule has 0 radical (unpaired) electrons. The summed E-state index contributed by atoms with van der Waals surface area (Å²) >= 11 is 8.61. The normalized spacial score (nSPS) is 11.6. The molecule has 0 aliphatic heterocycles. The first-order valence-corrected chi connectivity index (χ1v) is 9.90. The van der Waals surface area contributed by atoms with E-state index in [9.17, 15) is 18.0 Å². The van der Waals surface area contributed by atoms with Crippen molar-refractivity contribution < 1.29 is 18.0 Å². The number of hydrogen-bond donors (Lipinski definition) is 0. The van der Waals surface area contributed by atoms with Gasteiger partial charge in [-0.3, -0.25) is 4.79 Å². The molecule has 0 fully saturated rings. The number of amides is 1. The molecule has 0 unspecified atom stereocenters. The molecule has 1 amide bonds. The monoisotopic (exact) mass is 430 g/mol. The van der Waals surface area contributed by atoms with Crippen molar-refractivity contribution >= 4 is 40.2 Å². The van der Waals surface area contributed by atoms with E-state index in [1.807, 2.05) is 6.07 Å². The molecule has 0 aliphatic carbocycles. The van der Waals surface area contributed by atoms with Gasteiger partial charge in [0.15, 0.2) is 0 Å². The topological polar surface area (TPSA) is 33.2 Å². The van der Waals surface area contributed by atoms with Crippen LogP contribution in [0.1, 0.15) is 16.1 Å². The molecule has 142 valence electrons. The summed E-state index contributed by atoms with van der Waals surface area (Å²) < 4.78 is 38.6. The number of likely N-dealkylation sites (N-methyl/N-ethyl adjacent to an activating group) is 1. The molecule has 3 nitrogen and oxygen atoms in total. The lowest BCUT2D eigenvalue weighted by Gasteiger charge is -2.15. The Labute approximate surface area is 167 Å². The summed E-state index contributed by atoms with van der Waals surface area (Å²) in [5.74, 6) is -0.0937. The van der Waals surface area contributed by atoms with Crippen LogP contribution in [0.25, 0.3) is 10.6 Å². The summed E-state index contributed by atoms with van der Waals surface area (Å²) in [5, 5.41) is 2.33. The van der Waals surface area contributed by atoms with Crippen molar-refractivity contribution in [3.63, 3.8) is 0 Å². The average molecular weight is 431 g/mol. The molecule has 27 heavy (non-hydrogen) atoms.